The first-order valence-corrected chi connectivity index (χ1v) is 9.94. The molecule has 0 aromatic carbocycles. The smallest absolute Gasteiger partial charge is 0.177 e. The highest BCUT2D eigenvalue weighted by Crippen LogP contribution is 2.14. The molecule has 1 N–H and O–H groups in total. The highest BCUT2D eigenvalue weighted by Gasteiger charge is 2.17. The monoisotopic (exact) mass is 331 g/mol. The molecule has 1 aliphatic rings. The summed E-state index contributed by atoms with van der Waals surface area (Å²) in [5.41, 5.74) is 1.32. The molecule has 0 atom stereocenters. The lowest BCUT2D eigenvalue weighted by molar-refractivity contribution is -0.839. The molecule has 0 unspecified atom stereocenters. The van der Waals surface area contributed by atoms with Crippen LogP contribution in [0.5, 0.6) is 0 Å². The summed E-state index contributed by atoms with van der Waals surface area (Å²) in [4.78, 5) is 0. The predicted molar refractivity (Wildman–Crippen MR) is 103 cm³/mol. The Labute approximate surface area is 147 Å². The van der Waals surface area contributed by atoms with E-state index in [-0.39, 0.29) is 0 Å². The number of unbranched alkanes of at least 4 members (excludes halogenated alkanes) is 5. The minimum atomic E-state index is 0.974. The summed E-state index contributed by atoms with van der Waals surface area (Å²) in [6, 6.07) is 1.10. The maximum absolute atomic E-state index is 3.50. The fraction of sp³-hybridized carbons (Fsp3) is 0.650. The summed E-state index contributed by atoms with van der Waals surface area (Å²) >= 11 is 0. The Morgan fingerprint density at radius 2 is 1.70 bits per heavy atom. The molecule has 0 aliphatic heterocycles. The Bertz CT molecular complexity index is 383. The summed E-state index contributed by atoms with van der Waals surface area (Å²) in [6.07, 6.45) is 22.4. The molecular formula is C20H35N2Si+2. The van der Waals surface area contributed by atoms with E-state index in [0.29, 0.717) is 0 Å². The molecule has 0 saturated carbocycles. The van der Waals surface area contributed by atoms with Gasteiger partial charge in [-0.15, -0.1) is 0 Å². The van der Waals surface area contributed by atoms with Gasteiger partial charge in [0.2, 0.25) is 0 Å². The first-order valence-electron chi connectivity index (χ1n) is 9.23. The zero-order valence-corrected chi connectivity index (χ0v) is 16.2. The van der Waals surface area contributed by atoms with Crippen molar-refractivity contribution in [3.05, 3.63) is 42.5 Å². The molecule has 1 aliphatic carbocycles. The molecule has 0 bridgehead atoms. The molecular weight excluding hydrogens is 296 g/mol. The third kappa shape index (κ3) is 11.4. The molecule has 127 valence electrons. The number of nitrogens with zero attached hydrogens (tertiary/aromatic N) is 1. The highest BCUT2D eigenvalue weighted by molar-refractivity contribution is 6.08. The van der Waals surface area contributed by atoms with Crippen LogP contribution < -0.4 is 5.32 Å². The standard InChI is InChI=1S/C20H35N2Si/c1-22(2,19-20-13-8-7-9-14-20)17-11-6-4-3-5-10-15-21-16-12-18-23/h7-9,13-14,19,21H,3-6,10-12,15-18H2,1-2H3/q+2. The van der Waals surface area contributed by atoms with Crippen molar-refractivity contribution in [1.82, 2.24) is 5.32 Å². The summed E-state index contributed by atoms with van der Waals surface area (Å²) in [7, 11) is 8.10. The van der Waals surface area contributed by atoms with Crippen molar-refractivity contribution in [3.63, 3.8) is 0 Å². The van der Waals surface area contributed by atoms with E-state index < -0.39 is 0 Å². The van der Waals surface area contributed by atoms with Crippen LogP contribution in [0.25, 0.3) is 0 Å². The van der Waals surface area contributed by atoms with Crippen molar-refractivity contribution in [2.45, 2.75) is 51.0 Å². The van der Waals surface area contributed by atoms with Gasteiger partial charge in [-0.1, -0.05) is 25.3 Å². The molecule has 3 radical (unpaired) electrons. The van der Waals surface area contributed by atoms with Crippen molar-refractivity contribution in [2.75, 3.05) is 33.7 Å². The first-order chi connectivity index (χ1) is 11.1. The van der Waals surface area contributed by atoms with Gasteiger partial charge in [-0.05, 0) is 38.8 Å². The summed E-state index contributed by atoms with van der Waals surface area (Å²) in [5, 5.41) is 3.49. The maximum Gasteiger partial charge on any atom is 0.177 e. The Kier molecular flexibility index (Phi) is 11.1. The van der Waals surface area contributed by atoms with Crippen molar-refractivity contribution in [3.8, 4) is 0 Å². The Balaban J connectivity index is 1.97. The van der Waals surface area contributed by atoms with Crippen LogP contribution in [0.2, 0.25) is 6.04 Å². The van der Waals surface area contributed by atoms with Crippen LogP contribution in [0.4, 0.5) is 0 Å². The number of nitrogens with one attached hydrogen (secondary N) is 1. The van der Waals surface area contributed by atoms with Gasteiger partial charge in [0, 0.05) is 41.0 Å². The molecule has 2 nitrogen and oxygen atoms in total. The zero-order chi connectivity index (χ0) is 16.8. The normalized spacial score (nSPS) is 16.0. The van der Waals surface area contributed by atoms with Gasteiger partial charge in [-0.3, -0.25) is 4.48 Å². The lowest BCUT2D eigenvalue weighted by atomic mass is 10.1. The van der Waals surface area contributed by atoms with E-state index in [0.717, 1.165) is 17.1 Å². The molecule has 1 rings (SSSR count). The van der Waals surface area contributed by atoms with Crippen molar-refractivity contribution < 1.29 is 4.48 Å². The fourth-order valence-corrected chi connectivity index (χ4v) is 3.00. The minimum Gasteiger partial charge on any atom is -0.317 e. The van der Waals surface area contributed by atoms with Crippen LogP contribution >= 0.6 is 0 Å². The van der Waals surface area contributed by atoms with E-state index in [2.05, 4.69) is 66.6 Å². The van der Waals surface area contributed by atoms with Gasteiger partial charge >= 0.3 is 0 Å². The largest absolute Gasteiger partial charge is 0.317 e. The van der Waals surface area contributed by atoms with Gasteiger partial charge in [0.05, 0.1) is 20.6 Å². The molecule has 0 aromatic heterocycles. The second-order valence-electron chi connectivity index (χ2n) is 7.02. The predicted octanol–water partition coefficient (Wildman–Crippen LogP) is 4.18. The number of allylic oxidation sites excluding steroid dienone is 5. The quantitative estimate of drug-likeness (QED) is 0.231. The third-order valence-electron chi connectivity index (χ3n) is 4.17. The zero-order valence-electron chi connectivity index (χ0n) is 15.2. The van der Waals surface area contributed by atoms with Crippen LogP contribution in [0.3, 0.4) is 0 Å². The molecule has 0 amide bonds. The maximum atomic E-state index is 3.50. The molecule has 0 fully saturated rings. The molecule has 0 heterocycles. The van der Waals surface area contributed by atoms with Crippen molar-refractivity contribution >= 4 is 10.2 Å². The van der Waals surface area contributed by atoms with Crippen LogP contribution in [-0.4, -0.2) is 48.5 Å². The Hall–Kier alpha value is -0.773. The highest BCUT2D eigenvalue weighted by atomic mass is 28.1. The summed E-state index contributed by atoms with van der Waals surface area (Å²) < 4.78 is 0.974. The average molecular weight is 332 g/mol. The summed E-state index contributed by atoms with van der Waals surface area (Å²) in [6.45, 7) is 3.55. The van der Waals surface area contributed by atoms with Crippen molar-refractivity contribution in [2.24, 2.45) is 0 Å². The first kappa shape index (κ1) is 20.3. The molecule has 0 saturated heterocycles. The van der Waals surface area contributed by atoms with E-state index in [1.807, 2.05) is 0 Å². The van der Waals surface area contributed by atoms with Gasteiger partial charge in [0.1, 0.15) is 5.57 Å². The Morgan fingerprint density at radius 1 is 1.00 bits per heavy atom. The van der Waals surface area contributed by atoms with Crippen LogP contribution in [0, 0.1) is 6.42 Å². The van der Waals surface area contributed by atoms with E-state index in [1.165, 1.54) is 63.6 Å². The van der Waals surface area contributed by atoms with Crippen LogP contribution in [-0.2, 0) is 0 Å². The average Bonchev–Trinajstić information content (AvgIpc) is 2.53. The topological polar surface area (TPSA) is 12.0 Å². The summed E-state index contributed by atoms with van der Waals surface area (Å²) in [5.74, 6) is 0. The van der Waals surface area contributed by atoms with Gasteiger partial charge in [0.25, 0.3) is 0 Å². The number of hydrogen-bond acceptors (Lipinski definition) is 1. The minimum absolute atomic E-state index is 0.974. The number of quaternary nitrogens is 1. The second-order valence-corrected chi connectivity index (χ2v) is 7.52. The molecule has 0 aromatic rings. The second kappa shape index (κ2) is 12.6. The van der Waals surface area contributed by atoms with Crippen molar-refractivity contribution in [1.29, 1.82) is 0 Å². The van der Waals surface area contributed by atoms with Crippen LogP contribution in [0.1, 0.15) is 44.9 Å². The fourth-order valence-electron chi connectivity index (χ4n) is 2.82. The number of rotatable bonds is 13. The van der Waals surface area contributed by atoms with Gasteiger partial charge in [0.15, 0.2) is 6.20 Å². The third-order valence-corrected chi connectivity index (χ3v) is 4.52. The van der Waals surface area contributed by atoms with E-state index in [4.69, 9.17) is 0 Å². The van der Waals surface area contributed by atoms with Gasteiger partial charge in [-0.2, -0.15) is 0 Å². The van der Waals surface area contributed by atoms with E-state index in [1.54, 1.807) is 0 Å². The molecule has 0 spiro atoms. The van der Waals surface area contributed by atoms with Gasteiger partial charge < -0.3 is 5.32 Å². The lowest BCUT2D eigenvalue weighted by Crippen LogP contribution is -2.34. The number of hydrogen-bond donors (Lipinski definition) is 1. The lowest BCUT2D eigenvalue weighted by Gasteiger charge is -2.22. The Morgan fingerprint density at radius 3 is 2.39 bits per heavy atom. The molecule has 3 heteroatoms. The van der Waals surface area contributed by atoms with E-state index >= 15 is 0 Å². The van der Waals surface area contributed by atoms with E-state index in [9.17, 15) is 0 Å². The van der Waals surface area contributed by atoms with Crippen LogP contribution in [0.15, 0.2) is 36.1 Å². The van der Waals surface area contributed by atoms with Gasteiger partial charge in [-0.25, -0.2) is 0 Å². The molecule has 23 heavy (non-hydrogen) atoms. The SMILES string of the molecule is C[N+](C)(C=C1C=CC=C[CH+]1)CCCCCCCCNCCC[Si].